The number of hydrogen-bond acceptors (Lipinski definition) is 5. The molecule has 6 heteroatoms. The molecule has 0 radical (unpaired) electrons. The average molecular weight is 294 g/mol. The zero-order chi connectivity index (χ0) is 15.7. The molecule has 0 saturated heterocycles. The molecule has 116 valence electrons. The summed E-state index contributed by atoms with van der Waals surface area (Å²) < 4.78 is 10.9. The Labute approximate surface area is 125 Å². The number of ether oxygens (including phenoxy) is 2. The zero-order valence-corrected chi connectivity index (χ0v) is 12.6. The summed E-state index contributed by atoms with van der Waals surface area (Å²) in [6.07, 6.45) is -0.302. The van der Waals surface area contributed by atoms with Crippen LogP contribution in [0.5, 0.6) is 0 Å². The van der Waals surface area contributed by atoms with Crippen molar-refractivity contribution in [3.63, 3.8) is 0 Å². The van der Waals surface area contributed by atoms with Gasteiger partial charge in [0.15, 0.2) is 6.29 Å². The lowest BCUT2D eigenvalue weighted by Crippen LogP contribution is -2.24. The molecule has 21 heavy (non-hydrogen) atoms. The molecule has 1 unspecified atom stereocenters. The number of hydrogen-bond donors (Lipinski definition) is 2. The lowest BCUT2D eigenvalue weighted by atomic mass is 10.2. The van der Waals surface area contributed by atoms with Crippen LogP contribution < -0.4 is 10.8 Å². The van der Waals surface area contributed by atoms with E-state index in [1.807, 2.05) is 32.0 Å². The first-order valence-electron chi connectivity index (χ1n) is 6.68. The Kier molecular flexibility index (Phi) is 7.45. The molecule has 1 rings (SSSR count). The van der Waals surface area contributed by atoms with E-state index in [2.05, 4.69) is 22.2 Å². The van der Waals surface area contributed by atoms with E-state index < -0.39 is 0 Å². The van der Waals surface area contributed by atoms with Crippen LogP contribution in [0.2, 0.25) is 0 Å². The molecule has 0 aromatic heterocycles. The first-order chi connectivity index (χ1) is 10.1. The number of nitrogens with one attached hydrogen (secondary N) is 2. The van der Waals surface area contributed by atoms with Crippen molar-refractivity contribution in [2.24, 2.45) is 0 Å². The van der Waals surface area contributed by atoms with Gasteiger partial charge in [0.1, 0.15) is 5.70 Å². The molecular formula is C15H22N2O4. The van der Waals surface area contributed by atoms with Crippen LogP contribution in [0, 0.1) is 0 Å². The van der Waals surface area contributed by atoms with Crippen molar-refractivity contribution < 1.29 is 19.1 Å². The molecule has 1 atom stereocenters. The van der Waals surface area contributed by atoms with Gasteiger partial charge in [0, 0.05) is 17.9 Å². The van der Waals surface area contributed by atoms with E-state index in [-0.39, 0.29) is 17.9 Å². The van der Waals surface area contributed by atoms with Gasteiger partial charge in [0.05, 0.1) is 13.7 Å². The van der Waals surface area contributed by atoms with E-state index in [1.165, 1.54) is 7.11 Å². The fourth-order valence-electron chi connectivity index (χ4n) is 1.63. The minimum Gasteiger partial charge on any atom is -0.353 e. The summed E-state index contributed by atoms with van der Waals surface area (Å²) in [5, 5.41) is 2.75. The Morgan fingerprint density at radius 1 is 1.33 bits per heavy atom. The second-order valence-corrected chi connectivity index (χ2v) is 4.23. The van der Waals surface area contributed by atoms with Crippen LogP contribution in [0.3, 0.4) is 0 Å². The summed E-state index contributed by atoms with van der Waals surface area (Å²) in [5.74, 6) is -0.373. The first-order valence-corrected chi connectivity index (χ1v) is 6.68. The van der Waals surface area contributed by atoms with Crippen LogP contribution in [-0.4, -0.2) is 25.9 Å². The number of hydroxylamine groups is 1. The van der Waals surface area contributed by atoms with E-state index in [0.29, 0.717) is 18.9 Å². The van der Waals surface area contributed by atoms with Crippen molar-refractivity contribution in [2.75, 3.05) is 19.0 Å². The maximum atomic E-state index is 11.9. The zero-order valence-electron chi connectivity index (χ0n) is 12.6. The molecule has 0 aliphatic heterocycles. The number of carbonyl (C=O) groups excluding carboxylic acids is 1. The third-order valence-corrected chi connectivity index (χ3v) is 2.64. The third kappa shape index (κ3) is 5.95. The molecule has 1 amide bonds. The van der Waals surface area contributed by atoms with Crippen molar-refractivity contribution in [1.29, 1.82) is 0 Å². The molecule has 1 aromatic rings. The molecule has 0 saturated carbocycles. The Morgan fingerprint density at radius 2 is 2.05 bits per heavy atom. The van der Waals surface area contributed by atoms with Gasteiger partial charge in [-0.15, -0.1) is 0 Å². The molecule has 0 aliphatic carbocycles. The lowest BCUT2D eigenvalue weighted by Gasteiger charge is -2.16. The highest BCUT2D eigenvalue weighted by molar-refractivity contribution is 6.03. The molecule has 0 heterocycles. The summed E-state index contributed by atoms with van der Waals surface area (Å²) in [4.78, 5) is 16.5. The van der Waals surface area contributed by atoms with Crippen molar-refractivity contribution in [3.8, 4) is 0 Å². The Bertz CT molecular complexity index is 476. The van der Waals surface area contributed by atoms with Gasteiger partial charge in [0.2, 0.25) is 0 Å². The maximum absolute atomic E-state index is 11.9. The molecule has 0 aliphatic rings. The first kappa shape index (κ1) is 17.2. The number of amides is 1. The maximum Gasteiger partial charge on any atom is 0.273 e. The normalized spacial score (nSPS) is 11.8. The highest BCUT2D eigenvalue weighted by Crippen LogP contribution is 2.17. The van der Waals surface area contributed by atoms with Gasteiger partial charge in [-0.25, -0.2) is 0 Å². The van der Waals surface area contributed by atoms with Crippen LogP contribution in [-0.2, 0) is 25.7 Å². The van der Waals surface area contributed by atoms with Gasteiger partial charge in [-0.3, -0.25) is 15.1 Å². The second kappa shape index (κ2) is 9.12. The average Bonchev–Trinajstić information content (AvgIpc) is 2.47. The molecule has 0 spiro atoms. The van der Waals surface area contributed by atoms with Gasteiger partial charge < -0.3 is 14.8 Å². The summed E-state index contributed by atoms with van der Waals surface area (Å²) in [6.45, 7) is 8.22. The number of rotatable bonds is 9. The minimum atomic E-state index is -0.373. The SMILES string of the molecule is C=C(NOC)C(=O)Nc1ccccc1COC(C)OCC. The number of benzene rings is 1. The Hall–Kier alpha value is -1.89. The van der Waals surface area contributed by atoms with Crippen molar-refractivity contribution in [1.82, 2.24) is 5.48 Å². The molecule has 0 bridgehead atoms. The Morgan fingerprint density at radius 3 is 2.71 bits per heavy atom. The second-order valence-electron chi connectivity index (χ2n) is 4.23. The van der Waals surface area contributed by atoms with E-state index in [1.54, 1.807) is 6.07 Å². The summed E-state index contributed by atoms with van der Waals surface area (Å²) in [6, 6.07) is 7.38. The quantitative estimate of drug-likeness (QED) is 0.415. The molecular weight excluding hydrogens is 272 g/mol. The van der Waals surface area contributed by atoms with Crippen molar-refractivity contribution in [3.05, 3.63) is 42.1 Å². The Balaban J connectivity index is 2.66. The van der Waals surface area contributed by atoms with Crippen LogP contribution in [0.4, 0.5) is 5.69 Å². The van der Waals surface area contributed by atoms with E-state index >= 15 is 0 Å². The summed E-state index contributed by atoms with van der Waals surface area (Å²) in [7, 11) is 1.41. The fourth-order valence-corrected chi connectivity index (χ4v) is 1.63. The summed E-state index contributed by atoms with van der Waals surface area (Å²) >= 11 is 0. The van der Waals surface area contributed by atoms with Crippen LogP contribution in [0.15, 0.2) is 36.5 Å². The van der Waals surface area contributed by atoms with E-state index in [9.17, 15) is 4.79 Å². The molecule has 0 fully saturated rings. The number of anilines is 1. The van der Waals surface area contributed by atoms with Gasteiger partial charge in [-0.05, 0) is 19.9 Å². The largest absolute Gasteiger partial charge is 0.353 e. The van der Waals surface area contributed by atoms with Crippen molar-refractivity contribution in [2.45, 2.75) is 26.7 Å². The van der Waals surface area contributed by atoms with Crippen LogP contribution in [0.1, 0.15) is 19.4 Å². The van der Waals surface area contributed by atoms with Gasteiger partial charge in [-0.1, -0.05) is 24.8 Å². The summed E-state index contributed by atoms with van der Waals surface area (Å²) in [5.41, 5.74) is 4.02. The van der Waals surface area contributed by atoms with E-state index in [0.717, 1.165) is 5.56 Å². The van der Waals surface area contributed by atoms with Gasteiger partial charge >= 0.3 is 0 Å². The lowest BCUT2D eigenvalue weighted by molar-refractivity contribution is -0.134. The number of para-hydroxylation sites is 1. The fraction of sp³-hybridized carbons (Fsp3) is 0.400. The van der Waals surface area contributed by atoms with Gasteiger partial charge in [-0.2, -0.15) is 0 Å². The smallest absolute Gasteiger partial charge is 0.273 e. The monoisotopic (exact) mass is 294 g/mol. The highest BCUT2D eigenvalue weighted by atomic mass is 16.7. The predicted molar refractivity (Wildman–Crippen MR) is 80.2 cm³/mol. The molecule has 2 N–H and O–H groups in total. The standard InChI is InChI=1S/C15H22N2O4/c1-5-20-12(3)21-10-13-8-6-7-9-14(13)16-15(18)11(2)17-19-4/h6-9,12,17H,2,5,10H2,1,3-4H3,(H,16,18). The molecule has 1 aromatic carbocycles. The van der Waals surface area contributed by atoms with Crippen LogP contribution in [0.25, 0.3) is 0 Å². The third-order valence-electron chi connectivity index (χ3n) is 2.64. The predicted octanol–water partition coefficient (Wildman–Crippen LogP) is 2.19. The highest BCUT2D eigenvalue weighted by Gasteiger charge is 2.11. The minimum absolute atomic E-state index is 0.121. The topological polar surface area (TPSA) is 68.8 Å². The molecule has 6 nitrogen and oxygen atoms in total. The van der Waals surface area contributed by atoms with Crippen LogP contribution >= 0.6 is 0 Å². The van der Waals surface area contributed by atoms with Gasteiger partial charge in [0.25, 0.3) is 5.91 Å². The van der Waals surface area contributed by atoms with E-state index in [4.69, 9.17) is 9.47 Å². The number of carbonyl (C=O) groups is 1. The van der Waals surface area contributed by atoms with Crippen molar-refractivity contribution >= 4 is 11.6 Å².